The molecular formula is C7H15NO4. The monoisotopic (exact) mass is 177 g/mol. The Hall–Kier alpha value is -0.200. The zero-order chi connectivity index (χ0) is 9.35. The molecule has 1 unspecified atom stereocenters. The molecule has 1 rings (SSSR count). The minimum atomic E-state index is -1.69. The van der Waals surface area contributed by atoms with Gasteiger partial charge in [0.2, 0.25) is 5.79 Å². The molecule has 1 heterocycles. The van der Waals surface area contributed by atoms with Crippen LogP contribution < -0.4 is 5.73 Å². The van der Waals surface area contributed by atoms with Crippen molar-refractivity contribution in [2.45, 2.75) is 24.9 Å². The Balaban J connectivity index is 2.72. The predicted molar refractivity (Wildman–Crippen MR) is 41.1 cm³/mol. The molecule has 0 aromatic rings. The smallest absolute Gasteiger partial charge is 0.205 e. The predicted octanol–water partition coefficient (Wildman–Crippen LogP) is -1.98. The largest absolute Gasteiger partial charge is 0.394 e. The molecule has 5 N–H and O–H groups in total. The molecule has 4 atom stereocenters. The van der Waals surface area contributed by atoms with Gasteiger partial charge in [0.25, 0.3) is 0 Å². The van der Waals surface area contributed by atoms with Crippen molar-refractivity contribution in [1.82, 2.24) is 0 Å². The van der Waals surface area contributed by atoms with Crippen molar-refractivity contribution in [2.75, 3.05) is 13.2 Å². The third kappa shape index (κ3) is 1.34. The standard InChI is InChI=1S/C7H15NO4/c1-4-5(2-9)12-7(11,3-8)6(4)10/h4-6,9-11H,2-3,8H2,1H3/t4-,5-,6+,7?/m1/s1. The van der Waals surface area contributed by atoms with Gasteiger partial charge >= 0.3 is 0 Å². The quantitative estimate of drug-likeness (QED) is 0.392. The van der Waals surface area contributed by atoms with Crippen LogP contribution in [0.4, 0.5) is 0 Å². The summed E-state index contributed by atoms with van der Waals surface area (Å²) >= 11 is 0. The van der Waals surface area contributed by atoms with Gasteiger partial charge in [0.1, 0.15) is 6.10 Å². The Bertz CT molecular complexity index is 165. The number of nitrogens with two attached hydrogens (primary N) is 1. The molecule has 0 aliphatic carbocycles. The summed E-state index contributed by atoms with van der Waals surface area (Å²) in [5.74, 6) is -1.99. The highest BCUT2D eigenvalue weighted by atomic mass is 16.7. The SMILES string of the molecule is C[C@@H]1[C@@H](CO)OC(O)(CN)[C@H]1O. The van der Waals surface area contributed by atoms with Crippen molar-refractivity contribution in [3.8, 4) is 0 Å². The van der Waals surface area contributed by atoms with Crippen LogP contribution in [-0.2, 0) is 4.74 Å². The summed E-state index contributed by atoms with van der Waals surface area (Å²) in [6.45, 7) is 1.30. The maximum absolute atomic E-state index is 9.53. The zero-order valence-electron chi connectivity index (χ0n) is 6.97. The molecule has 0 bridgehead atoms. The molecule has 0 saturated carbocycles. The van der Waals surface area contributed by atoms with Gasteiger partial charge in [0.15, 0.2) is 0 Å². The molecule has 5 heteroatoms. The van der Waals surface area contributed by atoms with E-state index in [1.165, 1.54) is 0 Å². The van der Waals surface area contributed by atoms with E-state index in [4.69, 9.17) is 15.6 Å². The van der Waals surface area contributed by atoms with Crippen LogP contribution in [0, 0.1) is 5.92 Å². The molecule has 0 radical (unpaired) electrons. The fraction of sp³-hybridized carbons (Fsp3) is 1.00. The van der Waals surface area contributed by atoms with Crippen LogP contribution >= 0.6 is 0 Å². The van der Waals surface area contributed by atoms with E-state index in [1.54, 1.807) is 6.92 Å². The Kier molecular flexibility index (Phi) is 2.70. The van der Waals surface area contributed by atoms with Gasteiger partial charge in [-0.25, -0.2) is 0 Å². The highest BCUT2D eigenvalue weighted by molar-refractivity contribution is 4.93. The molecule has 1 aliphatic heterocycles. The fourth-order valence-corrected chi connectivity index (χ4v) is 1.43. The third-order valence-corrected chi connectivity index (χ3v) is 2.37. The molecular weight excluding hydrogens is 162 g/mol. The lowest BCUT2D eigenvalue weighted by atomic mass is 9.97. The first-order chi connectivity index (χ1) is 5.55. The van der Waals surface area contributed by atoms with Crippen molar-refractivity contribution in [2.24, 2.45) is 11.7 Å². The Labute approximate surface area is 70.8 Å². The maximum Gasteiger partial charge on any atom is 0.205 e. The summed E-state index contributed by atoms with van der Waals surface area (Å²) in [4.78, 5) is 0. The summed E-state index contributed by atoms with van der Waals surface area (Å²) in [5.41, 5.74) is 5.22. The van der Waals surface area contributed by atoms with Crippen LogP contribution in [0.1, 0.15) is 6.92 Å². The van der Waals surface area contributed by atoms with E-state index < -0.39 is 18.0 Å². The molecule has 12 heavy (non-hydrogen) atoms. The number of aliphatic hydroxyl groups excluding tert-OH is 2. The van der Waals surface area contributed by atoms with Crippen LogP contribution in [0.15, 0.2) is 0 Å². The Morgan fingerprint density at radius 3 is 2.42 bits per heavy atom. The van der Waals surface area contributed by atoms with Gasteiger partial charge in [-0.15, -0.1) is 0 Å². The summed E-state index contributed by atoms with van der Waals surface area (Å²) in [7, 11) is 0. The molecule has 72 valence electrons. The van der Waals surface area contributed by atoms with E-state index in [1.807, 2.05) is 0 Å². The second-order valence-electron chi connectivity index (χ2n) is 3.19. The molecule has 0 aromatic carbocycles. The molecule has 1 aliphatic rings. The highest BCUT2D eigenvalue weighted by Gasteiger charge is 2.50. The molecule has 1 fully saturated rings. The molecule has 0 spiro atoms. The van der Waals surface area contributed by atoms with Crippen LogP contribution in [0.2, 0.25) is 0 Å². The average molecular weight is 177 g/mol. The fourth-order valence-electron chi connectivity index (χ4n) is 1.43. The van der Waals surface area contributed by atoms with Crippen LogP contribution in [0.3, 0.4) is 0 Å². The zero-order valence-corrected chi connectivity index (χ0v) is 6.97. The molecule has 5 nitrogen and oxygen atoms in total. The second kappa shape index (κ2) is 3.27. The first kappa shape index (κ1) is 9.88. The van der Waals surface area contributed by atoms with Gasteiger partial charge in [-0.2, -0.15) is 0 Å². The minimum absolute atomic E-state index is 0.172. The number of hydrogen-bond acceptors (Lipinski definition) is 5. The van der Waals surface area contributed by atoms with E-state index >= 15 is 0 Å². The number of ether oxygens (including phenoxy) is 1. The van der Waals surface area contributed by atoms with Gasteiger partial charge in [-0.05, 0) is 0 Å². The van der Waals surface area contributed by atoms with Crippen molar-refractivity contribution >= 4 is 0 Å². The normalized spacial score (nSPS) is 48.2. The maximum atomic E-state index is 9.53. The van der Waals surface area contributed by atoms with E-state index in [-0.39, 0.29) is 19.1 Å². The molecule has 0 aromatic heterocycles. The van der Waals surface area contributed by atoms with E-state index in [0.717, 1.165) is 0 Å². The lowest BCUT2D eigenvalue weighted by Crippen LogP contribution is -2.47. The van der Waals surface area contributed by atoms with Gasteiger partial charge in [-0.1, -0.05) is 6.92 Å². The van der Waals surface area contributed by atoms with Gasteiger partial charge < -0.3 is 25.8 Å². The van der Waals surface area contributed by atoms with Crippen LogP contribution in [-0.4, -0.2) is 46.5 Å². The second-order valence-corrected chi connectivity index (χ2v) is 3.19. The van der Waals surface area contributed by atoms with E-state index in [9.17, 15) is 10.2 Å². The topological polar surface area (TPSA) is 95.9 Å². The van der Waals surface area contributed by atoms with Crippen LogP contribution in [0.25, 0.3) is 0 Å². The lowest BCUT2D eigenvalue weighted by Gasteiger charge is -2.24. The van der Waals surface area contributed by atoms with Crippen molar-refractivity contribution in [1.29, 1.82) is 0 Å². The van der Waals surface area contributed by atoms with Crippen molar-refractivity contribution < 1.29 is 20.1 Å². The first-order valence-corrected chi connectivity index (χ1v) is 3.94. The summed E-state index contributed by atoms with van der Waals surface area (Å²) in [5, 5.41) is 27.8. The molecule has 1 saturated heterocycles. The molecule has 0 amide bonds. The number of rotatable bonds is 2. The summed E-state index contributed by atoms with van der Waals surface area (Å²) in [6.07, 6.45) is -1.56. The summed E-state index contributed by atoms with van der Waals surface area (Å²) in [6, 6.07) is 0. The number of hydrogen-bond donors (Lipinski definition) is 4. The Morgan fingerprint density at radius 1 is 1.58 bits per heavy atom. The van der Waals surface area contributed by atoms with Gasteiger partial charge in [0.05, 0.1) is 12.7 Å². The number of aliphatic hydroxyl groups is 3. The highest BCUT2D eigenvalue weighted by Crippen LogP contribution is 2.32. The Morgan fingerprint density at radius 2 is 2.17 bits per heavy atom. The van der Waals surface area contributed by atoms with Crippen LogP contribution in [0.5, 0.6) is 0 Å². The lowest BCUT2D eigenvalue weighted by molar-refractivity contribution is -0.222. The van der Waals surface area contributed by atoms with Crippen molar-refractivity contribution in [3.05, 3.63) is 0 Å². The van der Waals surface area contributed by atoms with E-state index in [2.05, 4.69) is 0 Å². The minimum Gasteiger partial charge on any atom is -0.394 e. The van der Waals surface area contributed by atoms with Gasteiger partial charge in [-0.3, -0.25) is 0 Å². The van der Waals surface area contributed by atoms with Gasteiger partial charge in [0, 0.05) is 12.5 Å². The first-order valence-electron chi connectivity index (χ1n) is 3.94. The summed E-state index contributed by atoms with van der Waals surface area (Å²) < 4.78 is 5.00. The van der Waals surface area contributed by atoms with E-state index in [0.29, 0.717) is 0 Å². The third-order valence-electron chi connectivity index (χ3n) is 2.37. The van der Waals surface area contributed by atoms with Crippen molar-refractivity contribution in [3.63, 3.8) is 0 Å². The average Bonchev–Trinajstić information content (AvgIpc) is 2.31.